The Morgan fingerprint density at radius 2 is 2.20 bits per heavy atom. The molecule has 2 heterocycles. The quantitative estimate of drug-likeness (QED) is 0.591. The predicted molar refractivity (Wildman–Crippen MR) is 84.5 cm³/mol. The summed E-state index contributed by atoms with van der Waals surface area (Å²) in [6.45, 7) is 1.71. The van der Waals surface area contributed by atoms with Crippen LogP contribution in [-0.2, 0) is 26.5 Å². The van der Waals surface area contributed by atoms with Gasteiger partial charge in [-0.1, -0.05) is 0 Å². The highest BCUT2D eigenvalue weighted by Crippen LogP contribution is 2.33. The number of aromatic nitrogens is 2. The van der Waals surface area contributed by atoms with Crippen LogP contribution in [0.15, 0.2) is 11.4 Å². The van der Waals surface area contributed by atoms with Gasteiger partial charge >= 0.3 is 6.18 Å². The molecule has 1 aromatic rings. The second-order valence-electron chi connectivity index (χ2n) is 5.43. The Hall–Kier alpha value is -1.75. The number of carbonyl (C=O) groups excluding carboxylic acids is 1. The number of carbonyl (C=O) groups is 1. The summed E-state index contributed by atoms with van der Waals surface area (Å²) in [5.41, 5.74) is -1.01. The van der Waals surface area contributed by atoms with Crippen LogP contribution in [0.1, 0.15) is 18.4 Å². The summed E-state index contributed by atoms with van der Waals surface area (Å²) in [5, 5.41) is 2.44. The molecule has 25 heavy (non-hydrogen) atoms. The third-order valence-corrected chi connectivity index (χ3v) is 4.23. The maximum Gasteiger partial charge on any atom is 0.421 e. The molecule has 1 fully saturated rings. The fraction of sp³-hybridized carbons (Fsp3) is 0.643. The molecule has 0 aliphatic carbocycles. The van der Waals surface area contributed by atoms with Crippen LogP contribution in [0.25, 0.3) is 0 Å². The fourth-order valence-electron chi connectivity index (χ4n) is 2.29. The third kappa shape index (κ3) is 5.63. The molecule has 7 nitrogen and oxygen atoms in total. The van der Waals surface area contributed by atoms with E-state index in [9.17, 15) is 22.2 Å². The van der Waals surface area contributed by atoms with Crippen molar-refractivity contribution in [1.82, 2.24) is 14.9 Å². The zero-order chi connectivity index (χ0) is 18.4. The molecule has 11 heteroatoms. The van der Waals surface area contributed by atoms with Gasteiger partial charge in [0.2, 0.25) is 11.1 Å². The standard InChI is InChI=1S/C14H19F3N4O3S/c1-25(23)13-19-8-10(14(15,16)17)12(20-13)18-4-2-5-21-6-3-7-24-9-11(21)22/h8H,2-7,9H2,1H3,(H,18,19,20). The molecule has 2 rings (SSSR count). The van der Waals surface area contributed by atoms with Gasteiger partial charge in [0, 0.05) is 38.7 Å². The molecule has 1 aliphatic rings. The van der Waals surface area contributed by atoms with Crippen LogP contribution in [0.4, 0.5) is 19.0 Å². The van der Waals surface area contributed by atoms with Gasteiger partial charge in [-0.2, -0.15) is 13.2 Å². The summed E-state index contributed by atoms with van der Waals surface area (Å²) >= 11 is 0. The van der Waals surface area contributed by atoms with E-state index >= 15 is 0 Å². The first-order valence-electron chi connectivity index (χ1n) is 7.66. The Balaban J connectivity index is 1.98. The van der Waals surface area contributed by atoms with E-state index in [1.54, 1.807) is 4.90 Å². The molecule has 140 valence electrons. The highest BCUT2D eigenvalue weighted by Gasteiger charge is 2.35. The maximum absolute atomic E-state index is 13.0. The smallest absolute Gasteiger partial charge is 0.372 e. The van der Waals surface area contributed by atoms with Gasteiger partial charge in [-0.05, 0) is 12.8 Å². The lowest BCUT2D eigenvalue weighted by atomic mass is 10.3. The van der Waals surface area contributed by atoms with E-state index in [0.29, 0.717) is 32.3 Å². The minimum absolute atomic E-state index is 0.0310. The Kier molecular flexibility index (Phi) is 6.71. The number of alkyl halides is 3. The molecule has 0 spiro atoms. The van der Waals surface area contributed by atoms with Crippen molar-refractivity contribution < 1.29 is 26.9 Å². The molecular weight excluding hydrogens is 361 g/mol. The molecule has 1 atom stereocenters. The Bertz CT molecular complexity index is 642. The van der Waals surface area contributed by atoms with Crippen molar-refractivity contribution in [2.75, 3.05) is 44.4 Å². The number of ether oxygens (including phenoxy) is 1. The first kappa shape index (κ1) is 19.6. The monoisotopic (exact) mass is 380 g/mol. The molecule has 0 saturated carbocycles. The van der Waals surface area contributed by atoms with Crippen LogP contribution in [0, 0.1) is 0 Å². The van der Waals surface area contributed by atoms with Gasteiger partial charge in [0.25, 0.3) is 0 Å². The van der Waals surface area contributed by atoms with Gasteiger partial charge < -0.3 is 15.0 Å². The summed E-state index contributed by atoms with van der Waals surface area (Å²) in [6.07, 6.45) is -1.53. The Labute approximate surface area is 145 Å². The van der Waals surface area contributed by atoms with Gasteiger partial charge in [-0.15, -0.1) is 0 Å². The second kappa shape index (κ2) is 8.56. The van der Waals surface area contributed by atoms with Crippen LogP contribution < -0.4 is 5.32 Å². The van der Waals surface area contributed by atoms with E-state index in [2.05, 4.69) is 15.3 Å². The van der Waals surface area contributed by atoms with Gasteiger partial charge in [0.05, 0.1) is 10.8 Å². The lowest BCUT2D eigenvalue weighted by molar-refractivity contribution is -0.137. The summed E-state index contributed by atoms with van der Waals surface area (Å²) in [7, 11) is -1.59. The number of nitrogens with zero attached hydrogens (tertiary/aromatic N) is 3. The topological polar surface area (TPSA) is 84.4 Å². The van der Waals surface area contributed by atoms with Crippen molar-refractivity contribution >= 4 is 22.5 Å². The lowest BCUT2D eigenvalue weighted by Gasteiger charge is -2.20. The summed E-state index contributed by atoms with van der Waals surface area (Å²) < 4.78 is 55.6. The van der Waals surface area contributed by atoms with Crippen molar-refractivity contribution in [3.8, 4) is 0 Å². The minimum Gasteiger partial charge on any atom is -0.372 e. The fourth-order valence-corrected chi connectivity index (χ4v) is 2.71. The van der Waals surface area contributed by atoms with Crippen LogP contribution in [0.3, 0.4) is 0 Å². The number of halogens is 3. The van der Waals surface area contributed by atoms with E-state index in [-0.39, 0.29) is 24.2 Å². The highest BCUT2D eigenvalue weighted by molar-refractivity contribution is 7.84. The Morgan fingerprint density at radius 1 is 1.44 bits per heavy atom. The normalized spacial score (nSPS) is 17.3. The van der Waals surface area contributed by atoms with E-state index in [1.807, 2.05) is 0 Å². The molecule has 1 unspecified atom stereocenters. The lowest BCUT2D eigenvalue weighted by Crippen LogP contribution is -2.34. The zero-order valence-corrected chi connectivity index (χ0v) is 14.5. The Morgan fingerprint density at radius 3 is 2.88 bits per heavy atom. The SMILES string of the molecule is CS(=O)c1ncc(C(F)(F)F)c(NCCCN2CCCOCC2=O)n1. The van der Waals surface area contributed by atoms with Crippen LogP contribution in [0.5, 0.6) is 0 Å². The molecule has 1 aromatic heterocycles. The average Bonchev–Trinajstić information content (AvgIpc) is 2.75. The zero-order valence-electron chi connectivity index (χ0n) is 13.6. The van der Waals surface area contributed by atoms with Crippen molar-refractivity contribution in [2.24, 2.45) is 0 Å². The summed E-state index contributed by atoms with van der Waals surface area (Å²) in [5.74, 6) is -0.530. The van der Waals surface area contributed by atoms with Crippen molar-refractivity contribution in [3.05, 3.63) is 11.8 Å². The number of rotatable bonds is 6. The van der Waals surface area contributed by atoms with Crippen molar-refractivity contribution in [2.45, 2.75) is 24.2 Å². The first-order chi connectivity index (χ1) is 11.8. The van der Waals surface area contributed by atoms with Gasteiger partial charge in [-0.3, -0.25) is 9.00 Å². The molecule has 0 aromatic carbocycles. The molecule has 1 amide bonds. The summed E-state index contributed by atoms with van der Waals surface area (Å²) in [4.78, 5) is 20.6. The van der Waals surface area contributed by atoms with E-state index in [0.717, 1.165) is 6.42 Å². The molecule has 1 N–H and O–H groups in total. The van der Waals surface area contributed by atoms with Crippen LogP contribution in [-0.4, -0.2) is 64.1 Å². The third-order valence-electron chi connectivity index (χ3n) is 3.52. The first-order valence-corrected chi connectivity index (χ1v) is 9.22. The number of amides is 1. The van der Waals surface area contributed by atoms with E-state index in [1.165, 1.54) is 6.26 Å². The molecule has 1 saturated heterocycles. The number of anilines is 1. The van der Waals surface area contributed by atoms with Crippen LogP contribution in [0.2, 0.25) is 0 Å². The largest absolute Gasteiger partial charge is 0.421 e. The van der Waals surface area contributed by atoms with E-state index < -0.39 is 28.4 Å². The highest BCUT2D eigenvalue weighted by atomic mass is 32.2. The second-order valence-corrected chi connectivity index (χ2v) is 6.71. The molecule has 1 aliphatic heterocycles. The minimum atomic E-state index is -4.62. The molecule has 0 radical (unpaired) electrons. The van der Waals surface area contributed by atoms with Crippen molar-refractivity contribution in [3.63, 3.8) is 0 Å². The molecule has 0 bridgehead atoms. The van der Waals surface area contributed by atoms with Gasteiger partial charge in [0.1, 0.15) is 18.0 Å². The van der Waals surface area contributed by atoms with E-state index in [4.69, 9.17) is 4.74 Å². The van der Waals surface area contributed by atoms with Gasteiger partial charge in [0.15, 0.2) is 0 Å². The maximum atomic E-state index is 13.0. The number of hydrogen-bond donors (Lipinski definition) is 1. The predicted octanol–water partition coefficient (Wildman–Crippen LogP) is 1.28. The van der Waals surface area contributed by atoms with Gasteiger partial charge in [-0.25, -0.2) is 9.97 Å². The molecular formula is C14H19F3N4O3S. The average molecular weight is 380 g/mol. The number of nitrogens with one attached hydrogen (secondary N) is 1. The van der Waals surface area contributed by atoms with Crippen molar-refractivity contribution in [1.29, 1.82) is 0 Å². The number of hydrogen-bond acceptors (Lipinski definition) is 6. The van der Waals surface area contributed by atoms with Crippen LogP contribution >= 0.6 is 0 Å². The summed E-state index contributed by atoms with van der Waals surface area (Å²) in [6, 6.07) is 0.